The van der Waals surface area contributed by atoms with Gasteiger partial charge >= 0.3 is 5.97 Å². The minimum absolute atomic E-state index is 0.280. The number of aldehydes is 1. The van der Waals surface area contributed by atoms with Crippen molar-refractivity contribution in [3.63, 3.8) is 0 Å². The molecule has 0 spiro atoms. The number of carboxylic acid groups (broad SMARTS) is 1. The van der Waals surface area contributed by atoms with Crippen LogP contribution in [0.15, 0.2) is 18.3 Å². The molecule has 0 bridgehead atoms. The molecule has 0 fully saturated rings. The highest BCUT2D eigenvalue weighted by molar-refractivity contribution is 6.36. The summed E-state index contributed by atoms with van der Waals surface area (Å²) in [6.07, 6.45) is 3.33. The number of pyridine rings is 1. The van der Waals surface area contributed by atoms with Crippen LogP contribution < -0.4 is 4.74 Å². The molecule has 0 saturated heterocycles. The van der Waals surface area contributed by atoms with Gasteiger partial charge in [0, 0.05) is 11.9 Å². The van der Waals surface area contributed by atoms with Crippen LogP contribution in [0.3, 0.4) is 0 Å². The van der Waals surface area contributed by atoms with E-state index in [4.69, 9.17) is 9.84 Å². The summed E-state index contributed by atoms with van der Waals surface area (Å²) in [5.41, 5.74) is 2.47. The van der Waals surface area contributed by atoms with E-state index in [9.17, 15) is 14.4 Å². The second kappa shape index (κ2) is 6.43. The largest absolute Gasteiger partial charge is 0.480 e. The van der Waals surface area contributed by atoms with Crippen molar-refractivity contribution < 1.29 is 24.2 Å². The van der Waals surface area contributed by atoms with Gasteiger partial charge in [-0.1, -0.05) is 13.8 Å². The maximum absolute atomic E-state index is 12.1. The van der Waals surface area contributed by atoms with Crippen LogP contribution in [0.2, 0.25) is 0 Å². The third-order valence-corrected chi connectivity index (χ3v) is 3.53. The van der Waals surface area contributed by atoms with Crippen LogP contribution >= 0.6 is 0 Å². The first kappa shape index (κ1) is 15.8. The van der Waals surface area contributed by atoms with Crippen LogP contribution in [-0.2, 0) is 22.4 Å². The van der Waals surface area contributed by atoms with Gasteiger partial charge in [0.05, 0.1) is 11.1 Å². The third kappa shape index (κ3) is 2.59. The Bertz CT molecular complexity index is 745. The zero-order valence-corrected chi connectivity index (χ0v) is 12.5. The summed E-state index contributed by atoms with van der Waals surface area (Å²) >= 11 is 0. The quantitative estimate of drug-likeness (QED) is 0.480. The molecule has 0 unspecified atom stereocenters. The van der Waals surface area contributed by atoms with Gasteiger partial charge < -0.3 is 14.2 Å². The minimum atomic E-state index is -1.11. The molecule has 2 rings (SSSR count). The molecule has 0 atom stereocenters. The second-order valence-electron chi connectivity index (χ2n) is 4.76. The molecule has 6 nitrogen and oxygen atoms in total. The Morgan fingerprint density at radius 1 is 1.32 bits per heavy atom. The molecule has 22 heavy (non-hydrogen) atoms. The van der Waals surface area contributed by atoms with Gasteiger partial charge in [0.1, 0.15) is 5.75 Å². The number of aromatic nitrogens is 1. The topological polar surface area (TPSA) is 85.1 Å². The van der Waals surface area contributed by atoms with Gasteiger partial charge in [0.15, 0.2) is 12.9 Å². The molecule has 1 N–H and O–H groups in total. The lowest BCUT2D eigenvalue weighted by Gasteiger charge is -2.07. The highest BCUT2D eigenvalue weighted by atomic mass is 16.5. The Kier molecular flexibility index (Phi) is 4.60. The number of carbonyl (C=O) groups is 3. The maximum Gasteiger partial charge on any atom is 0.341 e. The summed E-state index contributed by atoms with van der Waals surface area (Å²) in [7, 11) is 0. The van der Waals surface area contributed by atoms with Crippen molar-refractivity contribution in [2.75, 3.05) is 6.61 Å². The average Bonchev–Trinajstić information content (AvgIpc) is 2.85. The summed E-state index contributed by atoms with van der Waals surface area (Å²) in [5.74, 6) is -1.45. The van der Waals surface area contributed by atoms with Gasteiger partial charge in [-0.05, 0) is 30.5 Å². The number of fused-ring (bicyclic) bond motifs is 1. The molecule has 2 heterocycles. The predicted octanol–water partition coefficient (Wildman–Crippen LogP) is 1.91. The fourth-order valence-electron chi connectivity index (χ4n) is 2.73. The Hall–Kier alpha value is -2.63. The molecule has 0 aromatic carbocycles. The summed E-state index contributed by atoms with van der Waals surface area (Å²) in [4.78, 5) is 33.8. The third-order valence-electron chi connectivity index (χ3n) is 3.53. The van der Waals surface area contributed by atoms with Gasteiger partial charge in [-0.15, -0.1) is 0 Å². The van der Waals surface area contributed by atoms with Gasteiger partial charge in [0.2, 0.25) is 5.78 Å². The standard InChI is InChI=1S/C16H17NO5/c1-3-10-11(4-2)17-7-5-6-13(22-9-14(20)21)16(17)15(10)12(19)8-18/h5-8H,3-4,9H2,1-2H3,(H,20,21). The number of Topliss-reactive ketones (excluding diaryl/α,β-unsaturated/α-hetero) is 1. The summed E-state index contributed by atoms with van der Waals surface area (Å²) < 4.78 is 7.08. The van der Waals surface area contributed by atoms with E-state index >= 15 is 0 Å². The number of nitrogens with zero attached hydrogens (tertiary/aromatic N) is 1. The van der Waals surface area contributed by atoms with Crippen molar-refractivity contribution >= 4 is 23.6 Å². The van der Waals surface area contributed by atoms with Gasteiger partial charge in [0.25, 0.3) is 0 Å². The molecule has 2 aromatic heterocycles. The molecule has 0 amide bonds. The van der Waals surface area contributed by atoms with E-state index in [1.807, 2.05) is 13.8 Å². The lowest BCUT2D eigenvalue weighted by Crippen LogP contribution is -2.11. The number of hydrogen-bond acceptors (Lipinski definition) is 4. The zero-order chi connectivity index (χ0) is 16.3. The first-order valence-corrected chi connectivity index (χ1v) is 7.03. The van der Waals surface area contributed by atoms with Crippen LogP contribution in [0.1, 0.15) is 35.5 Å². The zero-order valence-electron chi connectivity index (χ0n) is 12.5. The Morgan fingerprint density at radius 2 is 2.05 bits per heavy atom. The van der Waals surface area contributed by atoms with Crippen LogP contribution in [0.25, 0.3) is 5.52 Å². The number of rotatable bonds is 7. The van der Waals surface area contributed by atoms with E-state index < -0.39 is 18.4 Å². The molecule has 116 valence electrons. The summed E-state index contributed by atoms with van der Waals surface area (Å²) in [6, 6.07) is 3.32. The Morgan fingerprint density at radius 3 is 2.59 bits per heavy atom. The molecule has 2 aromatic rings. The van der Waals surface area contributed by atoms with Crippen molar-refractivity contribution in [3.8, 4) is 5.75 Å². The number of aryl methyl sites for hydroxylation is 1. The number of aliphatic carboxylic acids is 1. The lowest BCUT2D eigenvalue weighted by molar-refractivity contribution is -0.139. The van der Waals surface area contributed by atoms with Crippen molar-refractivity contribution in [3.05, 3.63) is 35.2 Å². The second-order valence-corrected chi connectivity index (χ2v) is 4.76. The van der Waals surface area contributed by atoms with Crippen LogP contribution in [0, 0.1) is 0 Å². The van der Waals surface area contributed by atoms with E-state index in [1.165, 1.54) is 0 Å². The van der Waals surface area contributed by atoms with Gasteiger partial charge in [-0.25, -0.2) is 4.79 Å². The highest BCUT2D eigenvalue weighted by Crippen LogP contribution is 2.31. The smallest absolute Gasteiger partial charge is 0.341 e. The van der Waals surface area contributed by atoms with Crippen LogP contribution in [0.5, 0.6) is 5.75 Å². The number of hydrogen-bond donors (Lipinski definition) is 1. The number of carboxylic acids is 1. The molecule has 0 saturated carbocycles. The first-order chi connectivity index (χ1) is 10.5. The average molecular weight is 303 g/mol. The number of carbonyl (C=O) groups excluding carboxylic acids is 2. The molecule has 0 aliphatic heterocycles. The monoisotopic (exact) mass is 303 g/mol. The van der Waals surface area contributed by atoms with E-state index in [1.54, 1.807) is 22.7 Å². The molecular formula is C16H17NO5. The molecular weight excluding hydrogens is 286 g/mol. The van der Waals surface area contributed by atoms with Crippen molar-refractivity contribution in [2.45, 2.75) is 26.7 Å². The van der Waals surface area contributed by atoms with E-state index in [2.05, 4.69) is 0 Å². The summed E-state index contributed by atoms with van der Waals surface area (Å²) in [5, 5.41) is 8.77. The number of ether oxygens (including phenoxy) is 1. The van der Waals surface area contributed by atoms with Gasteiger partial charge in [-0.2, -0.15) is 0 Å². The normalized spacial score (nSPS) is 10.6. The first-order valence-electron chi connectivity index (χ1n) is 7.03. The van der Waals surface area contributed by atoms with E-state index in [-0.39, 0.29) is 12.0 Å². The minimum Gasteiger partial charge on any atom is -0.480 e. The maximum atomic E-state index is 12.1. The van der Waals surface area contributed by atoms with Crippen LogP contribution in [-0.4, -0.2) is 34.2 Å². The molecule has 0 radical (unpaired) electrons. The Balaban J connectivity index is 2.78. The van der Waals surface area contributed by atoms with Crippen LogP contribution in [0.4, 0.5) is 0 Å². The molecule has 0 aliphatic carbocycles. The predicted molar refractivity (Wildman–Crippen MR) is 79.7 cm³/mol. The van der Waals surface area contributed by atoms with Crippen molar-refractivity contribution in [1.82, 2.24) is 4.40 Å². The fourth-order valence-corrected chi connectivity index (χ4v) is 2.73. The SMILES string of the molecule is CCc1c(C(=O)C=O)c2c(OCC(=O)O)cccn2c1CC. The van der Waals surface area contributed by atoms with Crippen molar-refractivity contribution in [2.24, 2.45) is 0 Å². The Labute approximate surface area is 127 Å². The van der Waals surface area contributed by atoms with Gasteiger partial charge in [-0.3, -0.25) is 9.59 Å². The lowest BCUT2D eigenvalue weighted by atomic mass is 10.0. The van der Waals surface area contributed by atoms with E-state index in [0.29, 0.717) is 23.9 Å². The molecule has 0 aliphatic rings. The highest BCUT2D eigenvalue weighted by Gasteiger charge is 2.23. The summed E-state index contributed by atoms with van der Waals surface area (Å²) in [6.45, 7) is 3.36. The number of ketones is 1. The fraction of sp³-hybridized carbons (Fsp3) is 0.312. The molecule has 6 heteroatoms. The van der Waals surface area contributed by atoms with Crippen molar-refractivity contribution in [1.29, 1.82) is 0 Å². The van der Waals surface area contributed by atoms with E-state index in [0.717, 1.165) is 11.3 Å².